The molecule has 5 heteroatoms. The third kappa shape index (κ3) is 3.50. The Morgan fingerprint density at radius 3 is 2.80 bits per heavy atom. The summed E-state index contributed by atoms with van der Waals surface area (Å²) < 4.78 is 7.84. The Kier molecular flexibility index (Phi) is 4.98. The first-order chi connectivity index (χ1) is 9.74. The Balaban J connectivity index is 1.94. The van der Waals surface area contributed by atoms with Crippen LogP contribution in [0.1, 0.15) is 25.2 Å². The monoisotopic (exact) mass is 274 g/mol. The van der Waals surface area contributed by atoms with Gasteiger partial charge in [0.05, 0.1) is 6.61 Å². The number of ether oxygens (including phenoxy) is 1. The maximum atomic E-state index is 5.76. The van der Waals surface area contributed by atoms with Crippen molar-refractivity contribution in [3.63, 3.8) is 0 Å². The van der Waals surface area contributed by atoms with Gasteiger partial charge < -0.3 is 10.1 Å². The molecule has 0 bridgehead atoms. The van der Waals surface area contributed by atoms with E-state index in [0.717, 1.165) is 37.0 Å². The molecule has 0 aliphatic heterocycles. The molecular weight excluding hydrogens is 252 g/mol. The Hall–Kier alpha value is -2.04. The van der Waals surface area contributed by atoms with E-state index in [-0.39, 0.29) is 0 Å². The van der Waals surface area contributed by atoms with Crippen LogP contribution in [0.3, 0.4) is 0 Å². The quantitative estimate of drug-likeness (QED) is 0.843. The maximum Gasteiger partial charge on any atom is 0.224 e. The van der Waals surface area contributed by atoms with Gasteiger partial charge in [0.2, 0.25) is 5.95 Å². The Labute approximate surface area is 120 Å². The van der Waals surface area contributed by atoms with Gasteiger partial charge in [0.25, 0.3) is 0 Å². The first-order valence-corrected chi connectivity index (χ1v) is 7.10. The highest BCUT2D eigenvalue weighted by Gasteiger charge is 2.09. The topological polar surface area (TPSA) is 52.0 Å². The number of nitrogens with one attached hydrogen (secondary N) is 1. The normalized spacial score (nSPS) is 10.6. The highest BCUT2D eigenvalue weighted by molar-refractivity contribution is 5.28. The molecule has 0 atom stereocenters. The third-order valence-electron chi connectivity index (χ3n) is 3.06. The molecule has 0 fully saturated rings. The second kappa shape index (κ2) is 6.93. The van der Waals surface area contributed by atoms with Gasteiger partial charge in [-0.05, 0) is 38.5 Å². The third-order valence-corrected chi connectivity index (χ3v) is 3.06. The molecule has 5 nitrogen and oxygen atoms in total. The van der Waals surface area contributed by atoms with E-state index >= 15 is 0 Å². The van der Waals surface area contributed by atoms with Crippen molar-refractivity contribution in [3.05, 3.63) is 35.7 Å². The van der Waals surface area contributed by atoms with Gasteiger partial charge >= 0.3 is 0 Å². The zero-order valence-corrected chi connectivity index (χ0v) is 12.4. The summed E-state index contributed by atoms with van der Waals surface area (Å²) in [5.74, 6) is 2.69. The molecule has 1 aromatic carbocycles. The highest BCUT2D eigenvalue weighted by atomic mass is 16.5. The molecule has 0 amide bonds. The summed E-state index contributed by atoms with van der Waals surface area (Å²) in [7, 11) is 0. The van der Waals surface area contributed by atoms with Gasteiger partial charge in [-0.25, -0.2) is 0 Å². The number of hydrogen-bond donors (Lipinski definition) is 1. The second-order valence-corrected chi connectivity index (χ2v) is 4.63. The number of hydrogen-bond acceptors (Lipinski definition) is 4. The molecule has 2 aromatic rings. The Morgan fingerprint density at radius 2 is 2.10 bits per heavy atom. The molecule has 0 saturated carbocycles. The summed E-state index contributed by atoms with van der Waals surface area (Å²) in [6.07, 6.45) is 0.750. The Bertz CT molecular complexity index is 551. The van der Waals surface area contributed by atoms with Gasteiger partial charge in [0.1, 0.15) is 11.6 Å². The van der Waals surface area contributed by atoms with Gasteiger partial charge in [-0.15, -0.1) is 10.2 Å². The molecule has 108 valence electrons. The van der Waals surface area contributed by atoms with Crippen LogP contribution in [0.5, 0.6) is 5.75 Å². The molecule has 2 rings (SSSR count). The van der Waals surface area contributed by atoms with Crippen LogP contribution in [-0.4, -0.2) is 27.9 Å². The number of aromatic nitrogens is 3. The lowest BCUT2D eigenvalue weighted by Gasteiger charge is -2.09. The van der Waals surface area contributed by atoms with E-state index in [1.807, 2.05) is 18.2 Å². The van der Waals surface area contributed by atoms with Gasteiger partial charge in [0.15, 0.2) is 0 Å². The molecular formula is C15H22N4O. The van der Waals surface area contributed by atoms with Crippen molar-refractivity contribution in [3.8, 4) is 5.75 Å². The number of rotatable bonds is 7. The minimum atomic E-state index is 0.605. The van der Waals surface area contributed by atoms with Crippen molar-refractivity contribution in [2.75, 3.05) is 18.5 Å². The lowest BCUT2D eigenvalue weighted by atomic mass is 10.2. The van der Waals surface area contributed by atoms with E-state index in [9.17, 15) is 0 Å². The van der Waals surface area contributed by atoms with Crippen molar-refractivity contribution >= 4 is 5.95 Å². The van der Waals surface area contributed by atoms with Crippen molar-refractivity contribution in [1.82, 2.24) is 14.8 Å². The molecule has 20 heavy (non-hydrogen) atoms. The van der Waals surface area contributed by atoms with E-state index < -0.39 is 0 Å². The minimum absolute atomic E-state index is 0.605. The van der Waals surface area contributed by atoms with Crippen LogP contribution in [0.2, 0.25) is 0 Å². The van der Waals surface area contributed by atoms with E-state index in [1.54, 1.807) is 0 Å². The molecule has 0 saturated heterocycles. The standard InChI is InChI=1S/C15H22N4O/c1-4-16-15-18-17-14(19(15)5-2)9-10-20-13-8-6-7-12(3)11-13/h6-8,11H,4-5,9-10H2,1-3H3,(H,16,18). The predicted octanol–water partition coefficient (Wildman–Crippen LogP) is 2.66. The fourth-order valence-electron chi connectivity index (χ4n) is 2.11. The highest BCUT2D eigenvalue weighted by Crippen LogP contribution is 2.13. The smallest absolute Gasteiger partial charge is 0.224 e. The molecule has 0 aliphatic rings. The summed E-state index contributed by atoms with van der Waals surface area (Å²) in [6, 6.07) is 8.07. The minimum Gasteiger partial charge on any atom is -0.493 e. The molecule has 0 unspecified atom stereocenters. The van der Waals surface area contributed by atoms with Crippen LogP contribution in [0, 0.1) is 6.92 Å². The first kappa shape index (κ1) is 14.4. The first-order valence-electron chi connectivity index (χ1n) is 7.10. The average Bonchev–Trinajstić information content (AvgIpc) is 2.81. The SMILES string of the molecule is CCNc1nnc(CCOc2cccc(C)c2)n1CC. The van der Waals surface area contributed by atoms with Gasteiger partial charge in [0, 0.05) is 19.5 Å². The fraction of sp³-hybridized carbons (Fsp3) is 0.467. The predicted molar refractivity (Wildman–Crippen MR) is 80.2 cm³/mol. The molecule has 0 radical (unpaired) electrons. The van der Waals surface area contributed by atoms with Crippen LogP contribution in [0.15, 0.2) is 24.3 Å². The van der Waals surface area contributed by atoms with Crippen LogP contribution in [-0.2, 0) is 13.0 Å². The van der Waals surface area contributed by atoms with E-state index in [4.69, 9.17) is 4.74 Å². The summed E-state index contributed by atoms with van der Waals surface area (Å²) in [4.78, 5) is 0. The average molecular weight is 274 g/mol. The van der Waals surface area contributed by atoms with Crippen molar-refractivity contribution in [1.29, 1.82) is 0 Å². The maximum absolute atomic E-state index is 5.76. The van der Waals surface area contributed by atoms with Crippen molar-refractivity contribution in [2.24, 2.45) is 0 Å². The Morgan fingerprint density at radius 1 is 1.25 bits per heavy atom. The van der Waals surface area contributed by atoms with Crippen LogP contribution < -0.4 is 10.1 Å². The summed E-state index contributed by atoms with van der Waals surface area (Å²) >= 11 is 0. The zero-order chi connectivity index (χ0) is 14.4. The molecule has 0 spiro atoms. The number of benzene rings is 1. The summed E-state index contributed by atoms with van der Waals surface area (Å²) in [5, 5.41) is 11.6. The van der Waals surface area contributed by atoms with Crippen molar-refractivity contribution < 1.29 is 4.74 Å². The lowest BCUT2D eigenvalue weighted by molar-refractivity contribution is 0.316. The number of anilines is 1. The zero-order valence-electron chi connectivity index (χ0n) is 12.4. The fourth-order valence-corrected chi connectivity index (χ4v) is 2.11. The van der Waals surface area contributed by atoms with E-state index in [0.29, 0.717) is 6.61 Å². The molecule has 1 heterocycles. The summed E-state index contributed by atoms with van der Waals surface area (Å²) in [5.41, 5.74) is 1.20. The summed E-state index contributed by atoms with van der Waals surface area (Å²) in [6.45, 7) is 8.51. The molecule has 0 aliphatic carbocycles. The number of aryl methyl sites for hydroxylation is 1. The van der Waals surface area contributed by atoms with Gasteiger partial charge in [-0.1, -0.05) is 12.1 Å². The van der Waals surface area contributed by atoms with E-state index in [2.05, 4.69) is 46.9 Å². The molecule has 1 aromatic heterocycles. The second-order valence-electron chi connectivity index (χ2n) is 4.63. The van der Waals surface area contributed by atoms with Crippen LogP contribution in [0.4, 0.5) is 5.95 Å². The van der Waals surface area contributed by atoms with Crippen molar-refractivity contribution in [2.45, 2.75) is 33.7 Å². The van der Waals surface area contributed by atoms with E-state index in [1.165, 1.54) is 5.56 Å². The lowest BCUT2D eigenvalue weighted by Crippen LogP contribution is -2.11. The largest absolute Gasteiger partial charge is 0.493 e. The van der Waals surface area contributed by atoms with Gasteiger partial charge in [-0.2, -0.15) is 0 Å². The van der Waals surface area contributed by atoms with Crippen LogP contribution in [0.25, 0.3) is 0 Å². The number of nitrogens with zero attached hydrogens (tertiary/aromatic N) is 3. The van der Waals surface area contributed by atoms with Gasteiger partial charge in [-0.3, -0.25) is 4.57 Å². The van der Waals surface area contributed by atoms with Crippen LogP contribution >= 0.6 is 0 Å². The molecule has 1 N–H and O–H groups in total.